The third-order valence-electron chi connectivity index (χ3n) is 4.98. The molecular weight excluding hydrogens is 356 g/mol. The van der Waals surface area contributed by atoms with Crippen molar-refractivity contribution in [1.82, 2.24) is 20.0 Å². The van der Waals surface area contributed by atoms with Gasteiger partial charge in [-0.25, -0.2) is 8.42 Å². The minimum atomic E-state index is -3.30. The van der Waals surface area contributed by atoms with Crippen molar-refractivity contribution in [3.05, 3.63) is 24.0 Å². The number of rotatable bonds is 4. The van der Waals surface area contributed by atoms with Gasteiger partial charge in [0, 0.05) is 25.7 Å². The number of nitrogens with zero attached hydrogens (tertiary/aromatic N) is 4. The van der Waals surface area contributed by atoms with E-state index in [1.165, 1.54) is 6.20 Å². The number of fused-ring (bicyclic) bond motifs is 1. The Morgan fingerprint density at radius 1 is 1.19 bits per heavy atom. The molecule has 3 rings (SSSR count). The van der Waals surface area contributed by atoms with E-state index < -0.39 is 21.9 Å². The summed E-state index contributed by atoms with van der Waals surface area (Å²) in [6, 6.07) is 2.18. The quantitative estimate of drug-likeness (QED) is 0.748. The van der Waals surface area contributed by atoms with Crippen LogP contribution in [0.3, 0.4) is 0 Å². The highest BCUT2D eigenvalue weighted by Gasteiger charge is 2.49. The molecule has 1 aromatic rings. The molecule has 2 aliphatic heterocycles. The monoisotopic (exact) mass is 380 g/mol. The van der Waals surface area contributed by atoms with E-state index in [1.54, 1.807) is 21.9 Å². The zero-order valence-electron chi connectivity index (χ0n) is 15.0. The van der Waals surface area contributed by atoms with Gasteiger partial charge in [0.25, 0.3) is 5.91 Å². The van der Waals surface area contributed by atoms with Crippen molar-refractivity contribution in [2.45, 2.75) is 38.8 Å². The standard InChI is InChI=1S/C17H24N4O4S/c1-12(2)5-6-16(22)20-8-9-21(15-11-26(24,25)10-14(15)20)17(23)13-4-3-7-18-19-13/h3-4,7,12,14-15H,5-6,8-11H2,1-2H3/t14-,15+/m0/s1. The molecule has 0 N–H and O–H groups in total. The second-order valence-electron chi connectivity index (χ2n) is 7.34. The number of sulfone groups is 1. The van der Waals surface area contributed by atoms with Crippen LogP contribution in [0.5, 0.6) is 0 Å². The first-order valence-corrected chi connectivity index (χ1v) is 10.7. The number of piperazine rings is 1. The van der Waals surface area contributed by atoms with Crippen molar-refractivity contribution in [3.8, 4) is 0 Å². The van der Waals surface area contributed by atoms with E-state index in [9.17, 15) is 18.0 Å². The summed E-state index contributed by atoms with van der Waals surface area (Å²) in [6.07, 6.45) is 2.64. The molecule has 0 saturated carbocycles. The molecule has 0 bridgehead atoms. The first-order chi connectivity index (χ1) is 12.3. The van der Waals surface area contributed by atoms with Crippen LogP contribution in [0.4, 0.5) is 0 Å². The van der Waals surface area contributed by atoms with Crippen LogP contribution in [0.2, 0.25) is 0 Å². The molecule has 2 saturated heterocycles. The lowest BCUT2D eigenvalue weighted by Crippen LogP contribution is -2.62. The molecule has 1 aromatic heterocycles. The summed E-state index contributed by atoms with van der Waals surface area (Å²) in [7, 11) is -3.30. The summed E-state index contributed by atoms with van der Waals surface area (Å²) in [5.74, 6) is -0.161. The SMILES string of the molecule is CC(C)CCC(=O)N1CCN(C(=O)c2cccnn2)[C@@H]2CS(=O)(=O)C[C@@H]21. The highest BCUT2D eigenvalue weighted by Crippen LogP contribution is 2.28. The van der Waals surface area contributed by atoms with Gasteiger partial charge in [-0.2, -0.15) is 5.10 Å². The van der Waals surface area contributed by atoms with E-state index in [4.69, 9.17) is 0 Å². The fraction of sp³-hybridized carbons (Fsp3) is 0.647. The highest BCUT2D eigenvalue weighted by atomic mass is 32.2. The van der Waals surface area contributed by atoms with E-state index in [-0.39, 0.29) is 29.0 Å². The van der Waals surface area contributed by atoms with E-state index in [2.05, 4.69) is 10.2 Å². The normalized spacial score (nSPS) is 24.6. The smallest absolute Gasteiger partial charge is 0.274 e. The van der Waals surface area contributed by atoms with Gasteiger partial charge >= 0.3 is 0 Å². The molecule has 0 unspecified atom stereocenters. The van der Waals surface area contributed by atoms with Gasteiger partial charge < -0.3 is 9.80 Å². The molecule has 8 nitrogen and oxygen atoms in total. The zero-order chi connectivity index (χ0) is 18.9. The summed E-state index contributed by atoms with van der Waals surface area (Å²) >= 11 is 0. The Balaban J connectivity index is 1.81. The third kappa shape index (κ3) is 3.87. The molecule has 26 heavy (non-hydrogen) atoms. The van der Waals surface area contributed by atoms with Crippen LogP contribution < -0.4 is 0 Å². The van der Waals surface area contributed by atoms with Crippen LogP contribution in [-0.4, -0.2) is 76.9 Å². The van der Waals surface area contributed by atoms with Crippen LogP contribution in [0.15, 0.2) is 18.3 Å². The molecule has 0 radical (unpaired) electrons. The van der Waals surface area contributed by atoms with Crippen molar-refractivity contribution in [1.29, 1.82) is 0 Å². The molecule has 2 amide bonds. The maximum Gasteiger partial charge on any atom is 0.274 e. The second kappa shape index (κ2) is 7.30. The molecule has 0 aliphatic carbocycles. The van der Waals surface area contributed by atoms with Gasteiger partial charge in [-0.05, 0) is 24.5 Å². The van der Waals surface area contributed by atoms with Crippen LogP contribution in [0.1, 0.15) is 37.2 Å². The Hall–Kier alpha value is -2.03. The lowest BCUT2D eigenvalue weighted by Gasteiger charge is -2.43. The molecule has 0 aromatic carbocycles. The number of hydrogen-bond acceptors (Lipinski definition) is 6. The van der Waals surface area contributed by atoms with Crippen molar-refractivity contribution < 1.29 is 18.0 Å². The summed E-state index contributed by atoms with van der Waals surface area (Å²) in [4.78, 5) is 28.6. The number of amides is 2. The van der Waals surface area contributed by atoms with Crippen molar-refractivity contribution in [2.24, 2.45) is 5.92 Å². The highest BCUT2D eigenvalue weighted by molar-refractivity contribution is 7.91. The fourth-order valence-electron chi connectivity index (χ4n) is 3.63. The second-order valence-corrected chi connectivity index (χ2v) is 9.49. The van der Waals surface area contributed by atoms with E-state index >= 15 is 0 Å². The van der Waals surface area contributed by atoms with Crippen LogP contribution >= 0.6 is 0 Å². The van der Waals surface area contributed by atoms with Gasteiger partial charge in [-0.1, -0.05) is 13.8 Å². The first-order valence-electron chi connectivity index (χ1n) is 8.87. The summed E-state index contributed by atoms with van der Waals surface area (Å²) in [6.45, 7) is 4.75. The maximum atomic E-state index is 12.8. The Bertz CT molecular complexity index is 781. The lowest BCUT2D eigenvalue weighted by atomic mass is 10.0. The molecule has 2 fully saturated rings. The predicted molar refractivity (Wildman–Crippen MR) is 95.1 cm³/mol. The topological polar surface area (TPSA) is 101 Å². The fourth-order valence-corrected chi connectivity index (χ4v) is 5.61. The van der Waals surface area contributed by atoms with Gasteiger partial charge in [-0.15, -0.1) is 5.10 Å². The minimum absolute atomic E-state index is 0.0302. The molecule has 2 aliphatic rings. The van der Waals surface area contributed by atoms with Crippen molar-refractivity contribution in [3.63, 3.8) is 0 Å². The predicted octanol–water partition coefficient (Wildman–Crippen LogP) is 0.363. The maximum absolute atomic E-state index is 12.8. The van der Waals surface area contributed by atoms with E-state index in [0.717, 1.165) is 6.42 Å². The molecule has 2 atom stereocenters. The van der Waals surface area contributed by atoms with Crippen LogP contribution in [0.25, 0.3) is 0 Å². The Morgan fingerprint density at radius 2 is 1.85 bits per heavy atom. The largest absolute Gasteiger partial charge is 0.335 e. The van der Waals surface area contributed by atoms with E-state index in [0.29, 0.717) is 25.4 Å². The zero-order valence-corrected chi connectivity index (χ0v) is 15.9. The van der Waals surface area contributed by atoms with Crippen LogP contribution in [0, 0.1) is 5.92 Å². The minimum Gasteiger partial charge on any atom is -0.335 e. The summed E-state index contributed by atoms with van der Waals surface area (Å²) in [5.41, 5.74) is 0.190. The summed E-state index contributed by atoms with van der Waals surface area (Å²) < 4.78 is 24.5. The van der Waals surface area contributed by atoms with Gasteiger partial charge in [0.05, 0.1) is 23.6 Å². The Kier molecular flexibility index (Phi) is 5.27. The molecule has 9 heteroatoms. The average Bonchev–Trinajstić information content (AvgIpc) is 2.93. The van der Waals surface area contributed by atoms with Crippen molar-refractivity contribution >= 4 is 21.7 Å². The molecular formula is C17H24N4O4S. The van der Waals surface area contributed by atoms with Crippen molar-refractivity contribution in [2.75, 3.05) is 24.6 Å². The van der Waals surface area contributed by atoms with E-state index in [1.807, 2.05) is 13.8 Å². The number of hydrogen-bond donors (Lipinski definition) is 0. The molecule has 0 spiro atoms. The van der Waals surface area contributed by atoms with Gasteiger partial charge in [0.15, 0.2) is 15.5 Å². The molecule has 3 heterocycles. The average molecular weight is 380 g/mol. The third-order valence-corrected chi connectivity index (χ3v) is 6.68. The Labute approximate surface area is 153 Å². The lowest BCUT2D eigenvalue weighted by molar-refractivity contribution is -0.136. The first kappa shape index (κ1) is 18.8. The number of aromatic nitrogens is 2. The number of carbonyl (C=O) groups excluding carboxylic acids is 2. The Morgan fingerprint density at radius 3 is 2.46 bits per heavy atom. The number of carbonyl (C=O) groups is 2. The van der Waals surface area contributed by atoms with Gasteiger partial charge in [0.1, 0.15) is 0 Å². The van der Waals surface area contributed by atoms with Gasteiger partial charge in [0.2, 0.25) is 5.91 Å². The summed E-state index contributed by atoms with van der Waals surface area (Å²) in [5, 5.41) is 7.55. The molecule has 142 valence electrons. The van der Waals surface area contributed by atoms with Crippen LogP contribution in [-0.2, 0) is 14.6 Å². The van der Waals surface area contributed by atoms with Gasteiger partial charge in [-0.3, -0.25) is 9.59 Å².